The molecule has 0 aromatic heterocycles. The number of carbonyl (C=O) groups is 2. The second-order valence-electron chi connectivity index (χ2n) is 6.72. The van der Waals surface area contributed by atoms with Gasteiger partial charge in [-0.1, -0.05) is 0 Å². The van der Waals surface area contributed by atoms with E-state index in [4.69, 9.17) is 14.2 Å². The van der Waals surface area contributed by atoms with Crippen LogP contribution in [0.2, 0.25) is 0 Å². The van der Waals surface area contributed by atoms with Crippen LogP contribution in [-0.4, -0.2) is 81.7 Å². The van der Waals surface area contributed by atoms with Gasteiger partial charge in [0.2, 0.25) is 17.6 Å². The first-order valence-electron chi connectivity index (χ1n) is 9.73. The van der Waals surface area contributed by atoms with E-state index in [0.29, 0.717) is 50.0 Å². The summed E-state index contributed by atoms with van der Waals surface area (Å²) in [5, 5.41) is 2.84. The van der Waals surface area contributed by atoms with Crippen molar-refractivity contribution in [3.05, 3.63) is 23.8 Å². The van der Waals surface area contributed by atoms with Crippen molar-refractivity contribution >= 4 is 17.9 Å². The van der Waals surface area contributed by atoms with Crippen LogP contribution in [-0.2, 0) is 9.59 Å². The van der Waals surface area contributed by atoms with E-state index in [2.05, 4.69) is 10.2 Å². The Hall–Kier alpha value is -2.74. The number of hydrogen-bond acceptors (Lipinski definition) is 6. The number of nitrogens with one attached hydrogen (secondary N) is 1. The Kier molecular flexibility index (Phi) is 8.33. The first-order chi connectivity index (χ1) is 13.9. The number of amides is 2. The molecule has 1 aromatic rings. The number of benzene rings is 1. The van der Waals surface area contributed by atoms with Crippen molar-refractivity contribution in [1.82, 2.24) is 15.1 Å². The summed E-state index contributed by atoms with van der Waals surface area (Å²) in [5.41, 5.74) is 0.774. The van der Waals surface area contributed by atoms with Crippen molar-refractivity contribution in [2.24, 2.45) is 0 Å². The smallest absolute Gasteiger partial charge is 0.246 e. The van der Waals surface area contributed by atoms with E-state index in [1.807, 2.05) is 13.8 Å². The third-order valence-corrected chi connectivity index (χ3v) is 5.01. The van der Waals surface area contributed by atoms with Crippen LogP contribution >= 0.6 is 0 Å². The number of nitrogens with zero attached hydrogens (tertiary/aromatic N) is 2. The zero-order valence-corrected chi connectivity index (χ0v) is 17.9. The van der Waals surface area contributed by atoms with Crippen LogP contribution in [0.5, 0.6) is 17.2 Å². The number of likely N-dealkylation sites (N-methyl/N-ethyl adjacent to an activating group) is 1. The summed E-state index contributed by atoms with van der Waals surface area (Å²) in [7, 11) is 4.65. The molecule has 1 aromatic carbocycles. The topological polar surface area (TPSA) is 80.3 Å². The van der Waals surface area contributed by atoms with Crippen LogP contribution in [0.15, 0.2) is 18.2 Å². The second kappa shape index (κ2) is 10.7. The molecule has 1 atom stereocenters. The van der Waals surface area contributed by atoms with Crippen LogP contribution in [0.3, 0.4) is 0 Å². The highest BCUT2D eigenvalue weighted by atomic mass is 16.5. The van der Waals surface area contributed by atoms with Crippen LogP contribution in [0.25, 0.3) is 6.08 Å². The van der Waals surface area contributed by atoms with E-state index in [1.165, 1.54) is 0 Å². The minimum atomic E-state index is -0.193. The van der Waals surface area contributed by atoms with E-state index in [-0.39, 0.29) is 17.9 Å². The Balaban J connectivity index is 1.99. The van der Waals surface area contributed by atoms with Gasteiger partial charge in [-0.25, -0.2) is 0 Å². The van der Waals surface area contributed by atoms with Crippen LogP contribution in [0, 0.1) is 0 Å². The maximum atomic E-state index is 12.6. The first-order valence-corrected chi connectivity index (χ1v) is 9.73. The van der Waals surface area contributed by atoms with E-state index >= 15 is 0 Å². The van der Waals surface area contributed by atoms with Crippen molar-refractivity contribution < 1.29 is 23.8 Å². The van der Waals surface area contributed by atoms with Crippen LogP contribution in [0.4, 0.5) is 0 Å². The fourth-order valence-corrected chi connectivity index (χ4v) is 3.29. The molecule has 8 nitrogen and oxygen atoms in total. The molecule has 8 heteroatoms. The molecular weight excluding hydrogens is 374 g/mol. The number of piperazine rings is 1. The third-order valence-electron chi connectivity index (χ3n) is 5.01. The first kappa shape index (κ1) is 22.5. The fraction of sp³-hybridized carbons (Fsp3) is 0.524. The van der Waals surface area contributed by atoms with Gasteiger partial charge in [0.25, 0.3) is 0 Å². The zero-order chi connectivity index (χ0) is 21.4. The molecule has 1 aliphatic heterocycles. The molecule has 1 saturated heterocycles. The lowest BCUT2D eigenvalue weighted by Crippen LogP contribution is -2.54. The maximum Gasteiger partial charge on any atom is 0.246 e. The lowest BCUT2D eigenvalue weighted by Gasteiger charge is -2.37. The Morgan fingerprint density at radius 2 is 1.66 bits per heavy atom. The molecule has 1 heterocycles. The highest BCUT2D eigenvalue weighted by molar-refractivity contribution is 5.92. The minimum absolute atomic E-state index is 0.0228. The van der Waals surface area contributed by atoms with Gasteiger partial charge in [0.15, 0.2) is 11.5 Å². The minimum Gasteiger partial charge on any atom is -0.493 e. The highest BCUT2D eigenvalue weighted by Gasteiger charge is 2.26. The number of rotatable bonds is 8. The summed E-state index contributed by atoms with van der Waals surface area (Å²) < 4.78 is 16.0. The van der Waals surface area contributed by atoms with E-state index in [9.17, 15) is 9.59 Å². The molecule has 0 bridgehead atoms. The summed E-state index contributed by atoms with van der Waals surface area (Å²) in [6.45, 7) is 6.93. The molecule has 160 valence electrons. The van der Waals surface area contributed by atoms with Crippen molar-refractivity contribution in [2.45, 2.75) is 19.9 Å². The van der Waals surface area contributed by atoms with Crippen molar-refractivity contribution in [1.29, 1.82) is 0 Å². The summed E-state index contributed by atoms with van der Waals surface area (Å²) >= 11 is 0. The van der Waals surface area contributed by atoms with Crippen LogP contribution in [0.1, 0.15) is 19.4 Å². The number of ether oxygens (including phenoxy) is 3. The maximum absolute atomic E-state index is 12.6. The number of methoxy groups -OCH3 is 3. The average Bonchev–Trinajstić information content (AvgIpc) is 2.76. The van der Waals surface area contributed by atoms with Crippen molar-refractivity contribution in [3.8, 4) is 17.2 Å². The summed E-state index contributed by atoms with van der Waals surface area (Å²) in [4.78, 5) is 28.4. The molecule has 1 aliphatic rings. The van der Waals surface area contributed by atoms with Crippen molar-refractivity contribution in [2.75, 3.05) is 54.1 Å². The molecular formula is C21H31N3O5. The van der Waals surface area contributed by atoms with E-state index in [0.717, 1.165) is 5.56 Å². The van der Waals surface area contributed by atoms with Gasteiger partial charge in [-0.05, 0) is 37.6 Å². The Bertz CT molecular complexity index is 717. The van der Waals surface area contributed by atoms with Gasteiger partial charge in [-0.15, -0.1) is 0 Å². The van der Waals surface area contributed by atoms with Gasteiger partial charge in [0.1, 0.15) is 0 Å². The molecule has 1 fully saturated rings. The molecule has 2 amide bonds. The molecule has 0 radical (unpaired) electrons. The largest absolute Gasteiger partial charge is 0.493 e. The average molecular weight is 405 g/mol. The van der Waals surface area contributed by atoms with E-state index < -0.39 is 0 Å². The highest BCUT2D eigenvalue weighted by Crippen LogP contribution is 2.38. The molecule has 29 heavy (non-hydrogen) atoms. The Morgan fingerprint density at radius 1 is 1.07 bits per heavy atom. The van der Waals surface area contributed by atoms with Gasteiger partial charge < -0.3 is 24.4 Å². The number of carbonyl (C=O) groups excluding carboxylic acids is 2. The predicted molar refractivity (Wildman–Crippen MR) is 111 cm³/mol. The predicted octanol–water partition coefficient (Wildman–Crippen LogP) is 1.39. The fourth-order valence-electron chi connectivity index (χ4n) is 3.29. The molecule has 0 aliphatic carbocycles. The zero-order valence-electron chi connectivity index (χ0n) is 17.9. The lowest BCUT2D eigenvalue weighted by atomic mass is 10.1. The van der Waals surface area contributed by atoms with Crippen LogP contribution < -0.4 is 19.5 Å². The quantitative estimate of drug-likeness (QED) is 0.659. The summed E-state index contributed by atoms with van der Waals surface area (Å²) in [6.07, 6.45) is 3.28. The molecule has 1 N–H and O–H groups in total. The van der Waals surface area contributed by atoms with Gasteiger partial charge in [0, 0.05) is 38.8 Å². The summed E-state index contributed by atoms with van der Waals surface area (Å²) in [5.74, 6) is 1.54. The number of hydrogen-bond donors (Lipinski definition) is 1. The standard InChI is InChI=1S/C21H31N3O5/c1-6-22-21(26)15(2)23-9-11-24(12-10-23)19(25)8-7-16-13-17(27-3)20(29-5)18(14-16)28-4/h7-8,13-15H,6,9-12H2,1-5H3,(H,22,26). The molecule has 1 unspecified atom stereocenters. The molecule has 0 spiro atoms. The van der Waals surface area contributed by atoms with Gasteiger partial charge in [0.05, 0.1) is 27.4 Å². The SMILES string of the molecule is CCNC(=O)C(C)N1CCN(C(=O)C=Cc2cc(OC)c(OC)c(OC)c2)CC1. The van der Waals surface area contributed by atoms with Gasteiger partial charge >= 0.3 is 0 Å². The van der Waals surface area contributed by atoms with Gasteiger partial charge in [-0.2, -0.15) is 0 Å². The van der Waals surface area contributed by atoms with E-state index in [1.54, 1.807) is 50.5 Å². The molecule has 0 saturated carbocycles. The summed E-state index contributed by atoms with van der Waals surface area (Å²) in [6, 6.07) is 3.38. The monoisotopic (exact) mass is 405 g/mol. The third kappa shape index (κ3) is 5.63. The lowest BCUT2D eigenvalue weighted by molar-refractivity contribution is -0.130. The second-order valence-corrected chi connectivity index (χ2v) is 6.72. The Morgan fingerprint density at radius 3 is 2.14 bits per heavy atom. The molecule has 2 rings (SSSR count). The van der Waals surface area contributed by atoms with Crippen molar-refractivity contribution in [3.63, 3.8) is 0 Å². The normalized spacial score (nSPS) is 15.8. The Labute approximate surface area is 172 Å². The van der Waals surface area contributed by atoms with Gasteiger partial charge in [-0.3, -0.25) is 14.5 Å².